The van der Waals surface area contributed by atoms with Crippen LogP contribution in [0.15, 0.2) is 0 Å². The minimum absolute atomic E-state index is 0.0585. The molecule has 1 saturated carbocycles. The average Bonchev–Trinajstić information content (AvgIpc) is 2.85. The van der Waals surface area contributed by atoms with E-state index in [1.807, 2.05) is 18.7 Å². The maximum absolute atomic E-state index is 12.2. The Balaban J connectivity index is 2.01. The van der Waals surface area contributed by atoms with Crippen LogP contribution in [-0.2, 0) is 9.59 Å². The van der Waals surface area contributed by atoms with Crippen molar-refractivity contribution in [1.29, 1.82) is 0 Å². The van der Waals surface area contributed by atoms with E-state index in [9.17, 15) is 9.59 Å². The third-order valence-corrected chi connectivity index (χ3v) is 3.41. The van der Waals surface area contributed by atoms with Gasteiger partial charge in [0, 0.05) is 19.1 Å². The monoisotopic (exact) mass is 224 g/mol. The maximum Gasteiger partial charge on any atom is 0.238 e. The Hall–Kier alpha value is -1.06. The number of carbonyl (C=O) groups is 2. The summed E-state index contributed by atoms with van der Waals surface area (Å²) in [7, 11) is 0. The summed E-state index contributed by atoms with van der Waals surface area (Å²) in [5.74, 6) is -0.0115. The summed E-state index contributed by atoms with van der Waals surface area (Å²) in [6.07, 6.45) is 3.60. The molecule has 2 rings (SSSR count). The Kier molecular flexibility index (Phi) is 2.91. The molecule has 1 heterocycles. The topological polar surface area (TPSA) is 49.4 Å². The van der Waals surface area contributed by atoms with Gasteiger partial charge in [0.1, 0.15) is 5.41 Å². The zero-order valence-electron chi connectivity index (χ0n) is 10.1. The van der Waals surface area contributed by atoms with Crippen LogP contribution in [0, 0.1) is 5.41 Å². The van der Waals surface area contributed by atoms with Gasteiger partial charge in [-0.2, -0.15) is 0 Å². The molecule has 1 aliphatic heterocycles. The normalized spacial score (nSPS) is 22.3. The van der Waals surface area contributed by atoms with Gasteiger partial charge in [-0.15, -0.1) is 0 Å². The second-order valence-electron chi connectivity index (χ2n) is 5.21. The molecular formula is C12H20N2O2. The number of hydrogen-bond acceptors (Lipinski definition) is 2. The zero-order valence-corrected chi connectivity index (χ0v) is 10.1. The molecule has 0 aromatic heterocycles. The first-order valence-corrected chi connectivity index (χ1v) is 6.16. The number of hydrogen-bond donors (Lipinski definition) is 1. The average molecular weight is 224 g/mol. The number of rotatable bonds is 3. The van der Waals surface area contributed by atoms with Gasteiger partial charge in [0.25, 0.3) is 0 Å². The van der Waals surface area contributed by atoms with Crippen LogP contribution < -0.4 is 5.32 Å². The fraction of sp³-hybridized carbons (Fsp3) is 0.833. The summed E-state index contributed by atoms with van der Waals surface area (Å²) in [5.41, 5.74) is -0.700. The summed E-state index contributed by atoms with van der Waals surface area (Å²) in [6.45, 7) is 5.51. The van der Waals surface area contributed by atoms with E-state index in [1.165, 1.54) is 0 Å². The molecule has 2 amide bonds. The van der Waals surface area contributed by atoms with E-state index in [4.69, 9.17) is 0 Å². The molecule has 0 unspecified atom stereocenters. The van der Waals surface area contributed by atoms with E-state index in [2.05, 4.69) is 5.32 Å². The van der Waals surface area contributed by atoms with Crippen LogP contribution >= 0.6 is 0 Å². The number of carbonyl (C=O) groups excluding carboxylic acids is 2. The van der Waals surface area contributed by atoms with Gasteiger partial charge in [-0.25, -0.2) is 0 Å². The lowest BCUT2D eigenvalue weighted by molar-refractivity contribution is -0.143. The number of nitrogens with one attached hydrogen (secondary N) is 1. The third kappa shape index (κ3) is 1.93. The van der Waals surface area contributed by atoms with E-state index >= 15 is 0 Å². The van der Waals surface area contributed by atoms with Crippen molar-refractivity contribution in [3.05, 3.63) is 0 Å². The van der Waals surface area contributed by atoms with Gasteiger partial charge in [-0.3, -0.25) is 9.59 Å². The first-order chi connectivity index (χ1) is 7.56. The predicted octanol–water partition coefficient (Wildman–Crippen LogP) is 0.914. The van der Waals surface area contributed by atoms with Gasteiger partial charge in [-0.05, 0) is 39.5 Å². The van der Waals surface area contributed by atoms with Gasteiger partial charge in [0.05, 0.1) is 0 Å². The molecule has 1 saturated heterocycles. The van der Waals surface area contributed by atoms with Crippen LogP contribution in [0.4, 0.5) is 0 Å². The van der Waals surface area contributed by atoms with Gasteiger partial charge in [0.15, 0.2) is 0 Å². The molecule has 2 fully saturated rings. The first-order valence-electron chi connectivity index (χ1n) is 6.16. The Labute approximate surface area is 96.4 Å². The van der Waals surface area contributed by atoms with Crippen molar-refractivity contribution in [1.82, 2.24) is 10.2 Å². The van der Waals surface area contributed by atoms with E-state index < -0.39 is 5.41 Å². The van der Waals surface area contributed by atoms with Crippen molar-refractivity contribution in [2.45, 2.75) is 45.6 Å². The maximum atomic E-state index is 12.2. The highest BCUT2D eigenvalue weighted by Gasteiger charge is 2.58. The third-order valence-electron chi connectivity index (χ3n) is 3.41. The fourth-order valence-electron chi connectivity index (χ4n) is 2.29. The molecule has 1 N–H and O–H groups in total. The molecule has 0 aromatic carbocycles. The van der Waals surface area contributed by atoms with Crippen molar-refractivity contribution in [3.8, 4) is 0 Å². The minimum Gasteiger partial charge on any atom is -0.353 e. The number of amides is 2. The lowest BCUT2D eigenvalue weighted by Crippen LogP contribution is -2.46. The highest BCUT2D eigenvalue weighted by Crippen LogP contribution is 2.48. The number of nitrogens with zero attached hydrogens (tertiary/aromatic N) is 1. The summed E-state index contributed by atoms with van der Waals surface area (Å²) in [6, 6.07) is 0.108. The lowest BCUT2D eigenvalue weighted by atomic mass is 10.0. The van der Waals surface area contributed by atoms with E-state index in [0.29, 0.717) is 0 Å². The highest BCUT2D eigenvalue weighted by molar-refractivity contribution is 6.08. The highest BCUT2D eigenvalue weighted by atomic mass is 16.2. The smallest absolute Gasteiger partial charge is 0.238 e. The molecule has 0 aromatic rings. The van der Waals surface area contributed by atoms with Crippen molar-refractivity contribution in [2.75, 3.05) is 13.1 Å². The summed E-state index contributed by atoms with van der Waals surface area (Å²) in [5, 5.41) is 2.86. The molecule has 0 radical (unpaired) electrons. The minimum atomic E-state index is -0.700. The quantitative estimate of drug-likeness (QED) is 0.724. The van der Waals surface area contributed by atoms with E-state index in [-0.39, 0.29) is 17.9 Å². The van der Waals surface area contributed by atoms with E-state index in [1.54, 1.807) is 0 Å². The standard InChI is InChI=1S/C12H20N2O2/c1-9(2)13-10(15)12(5-6-12)11(16)14-7-3-4-8-14/h9H,3-8H2,1-2H3,(H,13,15). The van der Waals surface area contributed by atoms with Crippen molar-refractivity contribution >= 4 is 11.8 Å². The summed E-state index contributed by atoms with van der Waals surface area (Å²) in [4.78, 5) is 26.0. The molecule has 2 aliphatic rings. The Morgan fingerprint density at radius 2 is 1.75 bits per heavy atom. The first kappa shape index (κ1) is 11.4. The van der Waals surface area contributed by atoms with Crippen LogP contribution in [0.2, 0.25) is 0 Å². The van der Waals surface area contributed by atoms with Crippen molar-refractivity contribution < 1.29 is 9.59 Å². The molecule has 0 atom stereocenters. The van der Waals surface area contributed by atoms with Gasteiger partial charge in [-0.1, -0.05) is 0 Å². The fourth-order valence-corrected chi connectivity index (χ4v) is 2.29. The molecule has 4 nitrogen and oxygen atoms in total. The summed E-state index contributed by atoms with van der Waals surface area (Å²) < 4.78 is 0. The molecular weight excluding hydrogens is 204 g/mol. The second kappa shape index (κ2) is 4.07. The lowest BCUT2D eigenvalue weighted by Gasteiger charge is -2.23. The molecule has 0 spiro atoms. The molecule has 1 aliphatic carbocycles. The van der Waals surface area contributed by atoms with Crippen LogP contribution in [0.25, 0.3) is 0 Å². The summed E-state index contributed by atoms with van der Waals surface area (Å²) >= 11 is 0. The predicted molar refractivity (Wildman–Crippen MR) is 60.8 cm³/mol. The van der Waals surface area contributed by atoms with Crippen LogP contribution in [0.5, 0.6) is 0 Å². The molecule has 0 bridgehead atoms. The largest absolute Gasteiger partial charge is 0.353 e. The van der Waals surface area contributed by atoms with Crippen LogP contribution in [0.3, 0.4) is 0 Å². The molecule has 90 valence electrons. The zero-order chi connectivity index (χ0) is 11.8. The Bertz CT molecular complexity index is 302. The van der Waals surface area contributed by atoms with Gasteiger partial charge in [0.2, 0.25) is 11.8 Å². The number of likely N-dealkylation sites (tertiary alicyclic amines) is 1. The Morgan fingerprint density at radius 1 is 1.19 bits per heavy atom. The molecule has 4 heteroatoms. The SMILES string of the molecule is CC(C)NC(=O)C1(C(=O)N2CCCC2)CC1. The molecule has 16 heavy (non-hydrogen) atoms. The van der Waals surface area contributed by atoms with Crippen LogP contribution in [0.1, 0.15) is 39.5 Å². The van der Waals surface area contributed by atoms with Crippen molar-refractivity contribution in [3.63, 3.8) is 0 Å². The Morgan fingerprint density at radius 3 is 2.19 bits per heavy atom. The van der Waals surface area contributed by atoms with E-state index in [0.717, 1.165) is 38.8 Å². The second-order valence-corrected chi connectivity index (χ2v) is 5.21. The van der Waals surface area contributed by atoms with Crippen LogP contribution in [-0.4, -0.2) is 35.8 Å². The van der Waals surface area contributed by atoms with Gasteiger partial charge >= 0.3 is 0 Å². The van der Waals surface area contributed by atoms with Crippen molar-refractivity contribution in [2.24, 2.45) is 5.41 Å². The van der Waals surface area contributed by atoms with Gasteiger partial charge < -0.3 is 10.2 Å².